The van der Waals surface area contributed by atoms with Gasteiger partial charge in [-0.2, -0.15) is 5.06 Å². The van der Waals surface area contributed by atoms with Crippen LogP contribution in [0.5, 0.6) is 17.2 Å². The fraction of sp³-hybridized carbons (Fsp3) is 0.400. The minimum atomic E-state index is -1.48. The van der Waals surface area contributed by atoms with Gasteiger partial charge in [-0.3, -0.25) is 14.4 Å². The van der Waals surface area contributed by atoms with Crippen molar-refractivity contribution in [2.24, 2.45) is 0 Å². The lowest BCUT2D eigenvalue weighted by molar-refractivity contribution is -0.303. The van der Waals surface area contributed by atoms with E-state index in [1.54, 1.807) is 12.1 Å². The van der Waals surface area contributed by atoms with E-state index < -0.39 is 39.7 Å². The molecule has 0 saturated carbocycles. The normalized spacial score (nSPS) is 37.0. The fourth-order valence-corrected chi connectivity index (χ4v) is 6.21. The van der Waals surface area contributed by atoms with Crippen LogP contribution in [-0.4, -0.2) is 74.3 Å². The minimum absolute atomic E-state index is 0.0755. The van der Waals surface area contributed by atoms with Gasteiger partial charge in [-0.1, -0.05) is 12.2 Å². The third-order valence-electron chi connectivity index (χ3n) is 6.04. The monoisotopic (exact) mass is 448 g/mol. The SMILES string of the molecule is COc1ccc(C=C2NC(=O)[C@@]34C[C@]5(O)[C@@H](C=C[C@@H](O)[C@@H]5ON3C2=O)S4)c(O)c1OC. The van der Waals surface area contributed by atoms with E-state index in [9.17, 15) is 24.9 Å². The smallest absolute Gasteiger partial charge is 0.295 e. The topological polar surface area (TPSA) is 138 Å². The number of methoxy groups -OCH3 is 2. The maximum atomic E-state index is 13.3. The average Bonchev–Trinajstić information content (AvgIpc) is 3.04. The minimum Gasteiger partial charge on any atom is -0.504 e. The summed E-state index contributed by atoms with van der Waals surface area (Å²) in [5, 5.41) is 34.9. The number of aromatic hydroxyl groups is 1. The van der Waals surface area contributed by atoms with Gasteiger partial charge >= 0.3 is 0 Å². The van der Waals surface area contributed by atoms with Crippen LogP contribution in [-0.2, 0) is 14.4 Å². The Hall–Kier alpha value is -2.73. The molecule has 0 aromatic heterocycles. The fourth-order valence-electron chi connectivity index (χ4n) is 4.51. The van der Waals surface area contributed by atoms with Crippen molar-refractivity contribution in [1.82, 2.24) is 10.4 Å². The van der Waals surface area contributed by atoms with E-state index >= 15 is 0 Å². The number of carbonyl (C=O) groups is 2. The molecule has 3 saturated heterocycles. The summed E-state index contributed by atoms with van der Waals surface area (Å²) in [6.45, 7) is 0. The Bertz CT molecular complexity index is 1060. The van der Waals surface area contributed by atoms with E-state index in [1.807, 2.05) is 0 Å². The molecule has 4 aliphatic rings. The van der Waals surface area contributed by atoms with Crippen molar-refractivity contribution in [3.05, 3.63) is 35.5 Å². The van der Waals surface area contributed by atoms with Crippen molar-refractivity contribution in [2.75, 3.05) is 14.2 Å². The zero-order valence-corrected chi connectivity index (χ0v) is 17.4. The van der Waals surface area contributed by atoms with Crippen LogP contribution in [0, 0.1) is 0 Å². The number of nitrogens with one attached hydrogen (secondary N) is 1. The second-order valence-corrected chi connectivity index (χ2v) is 9.16. The molecule has 3 aliphatic heterocycles. The number of aliphatic hydroxyl groups excluding tert-OH is 1. The quantitative estimate of drug-likeness (QED) is 0.368. The van der Waals surface area contributed by atoms with Gasteiger partial charge in [0.05, 0.1) is 19.5 Å². The molecule has 2 amide bonds. The molecule has 1 aliphatic carbocycles. The number of phenols is 1. The van der Waals surface area contributed by atoms with Gasteiger partial charge in [0, 0.05) is 12.0 Å². The first kappa shape index (κ1) is 20.2. The number of aliphatic hydroxyl groups is 2. The van der Waals surface area contributed by atoms with Crippen LogP contribution in [0.25, 0.3) is 6.08 Å². The number of piperazine rings is 1. The van der Waals surface area contributed by atoms with Crippen molar-refractivity contribution < 1.29 is 39.2 Å². The van der Waals surface area contributed by atoms with Crippen molar-refractivity contribution in [1.29, 1.82) is 0 Å². The zero-order chi connectivity index (χ0) is 22.1. The summed E-state index contributed by atoms with van der Waals surface area (Å²) in [7, 11) is 2.79. The van der Waals surface area contributed by atoms with Gasteiger partial charge in [0.1, 0.15) is 23.5 Å². The first-order valence-electron chi connectivity index (χ1n) is 9.50. The van der Waals surface area contributed by atoms with Gasteiger partial charge < -0.3 is 30.1 Å². The molecule has 1 aromatic rings. The molecule has 3 heterocycles. The maximum absolute atomic E-state index is 13.3. The number of ether oxygens (including phenoxy) is 2. The van der Waals surface area contributed by atoms with E-state index in [-0.39, 0.29) is 29.2 Å². The van der Waals surface area contributed by atoms with E-state index in [4.69, 9.17) is 14.3 Å². The Morgan fingerprint density at radius 1 is 1.29 bits per heavy atom. The molecule has 164 valence electrons. The molecule has 0 unspecified atom stereocenters. The molecule has 5 atom stereocenters. The maximum Gasteiger partial charge on any atom is 0.295 e. The number of thioether (sulfide) groups is 1. The number of rotatable bonds is 3. The Balaban J connectivity index is 1.54. The number of hydrogen-bond acceptors (Lipinski definition) is 9. The van der Waals surface area contributed by atoms with Crippen LogP contribution in [0.1, 0.15) is 12.0 Å². The van der Waals surface area contributed by atoms with Gasteiger partial charge in [-0.05, 0) is 18.2 Å². The van der Waals surface area contributed by atoms with Crippen molar-refractivity contribution >= 4 is 29.7 Å². The molecule has 0 radical (unpaired) electrons. The van der Waals surface area contributed by atoms with Crippen LogP contribution in [0.15, 0.2) is 30.0 Å². The van der Waals surface area contributed by atoms with Crippen molar-refractivity contribution in [3.63, 3.8) is 0 Å². The molecule has 3 fully saturated rings. The highest BCUT2D eigenvalue weighted by Crippen LogP contribution is 2.60. The lowest BCUT2D eigenvalue weighted by Crippen LogP contribution is -2.71. The molecule has 11 heteroatoms. The molecule has 5 rings (SSSR count). The predicted octanol–water partition coefficient (Wildman–Crippen LogP) is -0.114. The summed E-state index contributed by atoms with van der Waals surface area (Å²) in [6, 6.07) is 3.06. The van der Waals surface area contributed by atoms with Crippen LogP contribution in [0.3, 0.4) is 0 Å². The molecular weight excluding hydrogens is 428 g/mol. The summed E-state index contributed by atoms with van der Waals surface area (Å²) in [6.07, 6.45) is 2.14. The van der Waals surface area contributed by atoms with Gasteiger partial charge in [-0.25, -0.2) is 0 Å². The van der Waals surface area contributed by atoms with E-state index in [0.717, 1.165) is 16.8 Å². The highest BCUT2D eigenvalue weighted by molar-refractivity contribution is 8.02. The Morgan fingerprint density at radius 3 is 2.77 bits per heavy atom. The van der Waals surface area contributed by atoms with Crippen LogP contribution in [0.2, 0.25) is 0 Å². The van der Waals surface area contributed by atoms with Crippen LogP contribution < -0.4 is 14.8 Å². The summed E-state index contributed by atoms with van der Waals surface area (Å²) in [4.78, 5) is 30.6. The van der Waals surface area contributed by atoms with E-state index in [2.05, 4.69) is 5.32 Å². The number of carbonyl (C=O) groups excluding carboxylic acids is 2. The summed E-state index contributed by atoms with van der Waals surface area (Å²) < 4.78 is 10.3. The molecular formula is C20H20N2O8S. The molecule has 31 heavy (non-hydrogen) atoms. The van der Waals surface area contributed by atoms with Gasteiger partial charge in [0.25, 0.3) is 11.8 Å². The van der Waals surface area contributed by atoms with Crippen LogP contribution in [0.4, 0.5) is 0 Å². The molecule has 2 bridgehead atoms. The Morgan fingerprint density at radius 2 is 2.06 bits per heavy atom. The summed E-state index contributed by atoms with van der Waals surface area (Å²) in [5.74, 6) is -1.08. The number of hydrogen-bond donors (Lipinski definition) is 4. The molecule has 10 nitrogen and oxygen atoms in total. The summed E-state index contributed by atoms with van der Waals surface area (Å²) >= 11 is 1.11. The van der Waals surface area contributed by atoms with Gasteiger partial charge in [0.15, 0.2) is 16.4 Å². The Kier molecular flexibility index (Phi) is 4.32. The van der Waals surface area contributed by atoms with E-state index in [0.29, 0.717) is 5.75 Å². The third kappa shape index (κ3) is 2.57. The molecule has 1 aromatic carbocycles. The first-order chi connectivity index (χ1) is 14.7. The summed E-state index contributed by atoms with van der Waals surface area (Å²) in [5.41, 5.74) is -1.39. The lowest BCUT2D eigenvalue weighted by atomic mass is 9.78. The van der Waals surface area contributed by atoms with E-state index in [1.165, 1.54) is 32.4 Å². The highest BCUT2D eigenvalue weighted by Gasteiger charge is 2.72. The van der Waals surface area contributed by atoms with Crippen LogP contribution >= 0.6 is 11.8 Å². The highest BCUT2D eigenvalue weighted by atomic mass is 32.2. The number of phenolic OH excluding ortho intramolecular Hbond substituents is 1. The largest absolute Gasteiger partial charge is 0.504 e. The standard InChI is InChI=1S/C20H20N2O8S/c1-28-12-5-3-9(14(24)15(12)29-2)7-10-17(25)22-20(18(26)21-10)8-19(27)13(31-20)6-4-11(23)16(19)30-22/h3-7,11,13,16,23-24,27H,8H2,1-2H3,(H,21,26)/t11-,13-,16+,19+,20+/m1/s1. The first-order valence-corrected chi connectivity index (χ1v) is 10.4. The third-order valence-corrected chi connectivity index (χ3v) is 7.74. The zero-order valence-electron chi connectivity index (χ0n) is 16.6. The Labute approximate surface area is 181 Å². The van der Waals surface area contributed by atoms with Gasteiger partial charge in [0.2, 0.25) is 5.75 Å². The molecule has 1 spiro atoms. The second-order valence-electron chi connectivity index (χ2n) is 7.74. The number of amides is 2. The number of hydroxylamine groups is 2. The van der Waals surface area contributed by atoms with Crippen molar-refractivity contribution in [3.8, 4) is 17.2 Å². The lowest BCUT2D eigenvalue weighted by Gasteiger charge is -2.50. The van der Waals surface area contributed by atoms with Gasteiger partial charge in [-0.15, -0.1) is 11.8 Å². The average molecular weight is 448 g/mol. The predicted molar refractivity (Wildman–Crippen MR) is 108 cm³/mol. The number of benzene rings is 1. The molecule has 4 N–H and O–H groups in total. The second kappa shape index (κ2) is 6.63. The van der Waals surface area contributed by atoms with Crippen molar-refractivity contribution in [2.45, 2.75) is 34.4 Å². The number of nitrogens with zero attached hydrogens (tertiary/aromatic N) is 1.